The summed E-state index contributed by atoms with van der Waals surface area (Å²) in [6.45, 7) is 0.365. The molecule has 2 N–H and O–H groups in total. The summed E-state index contributed by atoms with van der Waals surface area (Å²) in [6.07, 6.45) is 1.68. The van der Waals surface area contributed by atoms with Gasteiger partial charge in [-0.05, 0) is 66.3 Å². The first-order valence-electron chi connectivity index (χ1n) is 8.42. The van der Waals surface area contributed by atoms with Crippen LogP contribution in [0.25, 0.3) is 0 Å². The van der Waals surface area contributed by atoms with Crippen LogP contribution in [0.4, 0.5) is 5.69 Å². The highest BCUT2D eigenvalue weighted by atomic mass is 35.5. The second-order valence-corrected chi connectivity index (χ2v) is 7.04. The van der Waals surface area contributed by atoms with E-state index in [9.17, 15) is 0 Å². The van der Waals surface area contributed by atoms with Gasteiger partial charge in [-0.2, -0.15) is 5.10 Å². The molecule has 0 spiro atoms. The quantitative estimate of drug-likeness (QED) is 0.291. The van der Waals surface area contributed by atoms with Crippen LogP contribution in [0.5, 0.6) is 5.75 Å². The van der Waals surface area contributed by atoms with Gasteiger partial charge in [0.25, 0.3) is 0 Å². The summed E-state index contributed by atoms with van der Waals surface area (Å²) in [5.41, 5.74) is 5.47. The van der Waals surface area contributed by atoms with E-state index in [1.54, 1.807) is 18.3 Å². The van der Waals surface area contributed by atoms with Crippen molar-refractivity contribution in [3.63, 3.8) is 0 Å². The zero-order chi connectivity index (χ0) is 19.8. The van der Waals surface area contributed by atoms with Crippen molar-refractivity contribution in [1.82, 2.24) is 5.43 Å². The molecule has 0 aliphatic heterocycles. The molecule has 0 saturated heterocycles. The first-order valence-corrected chi connectivity index (χ1v) is 9.58. The van der Waals surface area contributed by atoms with E-state index in [4.69, 9.17) is 40.2 Å². The fourth-order valence-electron chi connectivity index (χ4n) is 2.30. The number of hydrazone groups is 1. The van der Waals surface area contributed by atoms with Gasteiger partial charge in [-0.3, -0.25) is 5.43 Å². The molecule has 0 radical (unpaired) electrons. The largest absolute Gasteiger partial charge is 0.489 e. The molecule has 28 heavy (non-hydrogen) atoms. The van der Waals surface area contributed by atoms with E-state index in [1.807, 2.05) is 60.7 Å². The molecule has 3 aromatic carbocycles. The summed E-state index contributed by atoms with van der Waals surface area (Å²) in [6, 6.07) is 22.5. The third kappa shape index (κ3) is 6.23. The molecule has 0 bridgehead atoms. The van der Waals surface area contributed by atoms with E-state index in [-0.39, 0.29) is 0 Å². The summed E-state index contributed by atoms with van der Waals surface area (Å²) in [5, 5.41) is 8.78. The van der Waals surface area contributed by atoms with E-state index >= 15 is 0 Å². The number of hydrogen-bond donors (Lipinski definition) is 2. The third-order valence-electron chi connectivity index (χ3n) is 3.70. The van der Waals surface area contributed by atoms with Crippen molar-refractivity contribution in [3.05, 3.63) is 94.0 Å². The Morgan fingerprint density at radius 1 is 1.00 bits per heavy atom. The van der Waals surface area contributed by atoms with Gasteiger partial charge >= 0.3 is 0 Å². The minimum absolute atomic E-state index is 0.365. The molecular formula is C21H17Cl2N3OS. The first kappa shape index (κ1) is 20.1. The minimum atomic E-state index is 0.365. The predicted octanol–water partition coefficient (Wildman–Crippen LogP) is 5.89. The monoisotopic (exact) mass is 429 g/mol. The summed E-state index contributed by atoms with van der Waals surface area (Å²) < 4.78 is 5.76. The summed E-state index contributed by atoms with van der Waals surface area (Å²) in [5.74, 6) is 0.734. The average molecular weight is 430 g/mol. The van der Waals surface area contributed by atoms with Crippen LogP contribution < -0.4 is 15.5 Å². The summed E-state index contributed by atoms with van der Waals surface area (Å²) in [4.78, 5) is 0. The Balaban J connectivity index is 1.48. The molecular weight excluding hydrogens is 413 g/mol. The van der Waals surface area contributed by atoms with E-state index in [0.717, 1.165) is 22.6 Å². The summed E-state index contributed by atoms with van der Waals surface area (Å²) >= 11 is 17.2. The topological polar surface area (TPSA) is 45.7 Å². The standard InChI is InChI=1S/C21H17Cl2N3OS/c22-17-9-8-16(20(23)12-17)14-27-19-10-6-15(7-11-19)13-24-26-21(28)25-18-4-2-1-3-5-18/h1-13H,14H2,(H2,25,26,28). The van der Waals surface area contributed by atoms with Crippen molar-refractivity contribution in [2.45, 2.75) is 6.61 Å². The number of halogens is 2. The van der Waals surface area contributed by atoms with Crippen molar-refractivity contribution >= 4 is 52.4 Å². The lowest BCUT2D eigenvalue weighted by molar-refractivity contribution is 0.306. The van der Waals surface area contributed by atoms with Crippen LogP contribution in [0.15, 0.2) is 77.9 Å². The van der Waals surface area contributed by atoms with E-state index in [2.05, 4.69) is 15.8 Å². The number of thiocarbonyl (C=S) groups is 1. The Bertz CT molecular complexity index is 963. The van der Waals surface area contributed by atoms with E-state index in [0.29, 0.717) is 21.8 Å². The SMILES string of the molecule is S=C(NN=Cc1ccc(OCc2ccc(Cl)cc2Cl)cc1)Nc1ccccc1. The smallest absolute Gasteiger partial charge is 0.191 e. The molecule has 0 heterocycles. The molecule has 142 valence electrons. The Morgan fingerprint density at radius 2 is 1.75 bits per heavy atom. The maximum absolute atomic E-state index is 6.15. The highest BCUT2D eigenvalue weighted by Crippen LogP contribution is 2.22. The highest BCUT2D eigenvalue weighted by Gasteiger charge is 2.02. The van der Waals surface area contributed by atoms with Gasteiger partial charge in [0.1, 0.15) is 12.4 Å². The molecule has 7 heteroatoms. The van der Waals surface area contributed by atoms with Crippen LogP contribution in [0, 0.1) is 0 Å². The lowest BCUT2D eigenvalue weighted by Gasteiger charge is -2.08. The fraction of sp³-hybridized carbons (Fsp3) is 0.0476. The number of para-hydroxylation sites is 1. The van der Waals surface area contributed by atoms with Gasteiger partial charge in [-0.15, -0.1) is 0 Å². The lowest BCUT2D eigenvalue weighted by Crippen LogP contribution is -2.23. The number of nitrogens with one attached hydrogen (secondary N) is 2. The lowest BCUT2D eigenvalue weighted by atomic mass is 10.2. The van der Waals surface area contributed by atoms with Crippen LogP contribution in [0.2, 0.25) is 10.0 Å². The Labute approximate surface area is 179 Å². The molecule has 0 aliphatic carbocycles. The molecule has 0 saturated carbocycles. The van der Waals surface area contributed by atoms with E-state index in [1.165, 1.54) is 0 Å². The van der Waals surface area contributed by atoms with Crippen molar-refractivity contribution in [2.75, 3.05) is 5.32 Å². The molecule has 0 aromatic heterocycles. The van der Waals surface area contributed by atoms with Crippen LogP contribution >= 0.6 is 35.4 Å². The Hall–Kier alpha value is -2.60. The Morgan fingerprint density at radius 3 is 2.46 bits per heavy atom. The van der Waals surface area contributed by atoms with Gasteiger partial charge in [-0.1, -0.05) is 47.5 Å². The maximum Gasteiger partial charge on any atom is 0.191 e. The van der Waals surface area contributed by atoms with Crippen LogP contribution in [0.1, 0.15) is 11.1 Å². The van der Waals surface area contributed by atoms with Crippen molar-refractivity contribution in [3.8, 4) is 5.75 Å². The zero-order valence-electron chi connectivity index (χ0n) is 14.7. The molecule has 0 amide bonds. The second-order valence-electron chi connectivity index (χ2n) is 5.78. The van der Waals surface area contributed by atoms with Gasteiger partial charge in [0.15, 0.2) is 5.11 Å². The number of rotatable bonds is 6. The number of ether oxygens (including phenoxy) is 1. The molecule has 0 unspecified atom stereocenters. The van der Waals surface area contributed by atoms with Gasteiger partial charge in [-0.25, -0.2) is 0 Å². The zero-order valence-corrected chi connectivity index (χ0v) is 17.1. The molecule has 0 aliphatic rings. The maximum atomic E-state index is 6.15. The third-order valence-corrected chi connectivity index (χ3v) is 4.48. The molecule has 0 atom stereocenters. The van der Waals surface area contributed by atoms with Crippen LogP contribution in [0.3, 0.4) is 0 Å². The fourth-order valence-corrected chi connectivity index (χ4v) is 2.93. The highest BCUT2D eigenvalue weighted by molar-refractivity contribution is 7.80. The van der Waals surface area contributed by atoms with Crippen LogP contribution in [-0.2, 0) is 6.61 Å². The van der Waals surface area contributed by atoms with E-state index < -0.39 is 0 Å². The number of benzene rings is 3. The second kappa shape index (κ2) is 10.1. The predicted molar refractivity (Wildman–Crippen MR) is 121 cm³/mol. The number of nitrogens with zero attached hydrogens (tertiary/aromatic N) is 1. The average Bonchev–Trinajstić information content (AvgIpc) is 2.69. The summed E-state index contributed by atoms with van der Waals surface area (Å²) in [7, 11) is 0. The van der Waals surface area contributed by atoms with Crippen molar-refractivity contribution in [1.29, 1.82) is 0 Å². The first-order chi connectivity index (χ1) is 13.6. The van der Waals surface area contributed by atoms with Crippen molar-refractivity contribution in [2.24, 2.45) is 5.10 Å². The molecule has 0 fully saturated rings. The number of hydrogen-bond acceptors (Lipinski definition) is 3. The van der Waals surface area contributed by atoms with Gasteiger partial charge in [0, 0.05) is 21.3 Å². The van der Waals surface area contributed by atoms with Gasteiger partial charge in [0.2, 0.25) is 0 Å². The minimum Gasteiger partial charge on any atom is -0.489 e. The Kier molecular flexibility index (Phi) is 7.25. The normalized spacial score (nSPS) is 10.6. The van der Waals surface area contributed by atoms with Gasteiger partial charge < -0.3 is 10.1 Å². The van der Waals surface area contributed by atoms with Crippen molar-refractivity contribution < 1.29 is 4.74 Å². The number of anilines is 1. The van der Waals surface area contributed by atoms with Gasteiger partial charge in [0.05, 0.1) is 6.21 Å². The molecule has 4 nitrogen and oxygen atoms in total. The van der Waals surface area contributed by atoms with Crippen LogP contribution in [-0.4, -0.2) is 11.3 Å². The molecule has 3 rings (SSSR count). The molecule has 3 aromatic rings.